The molecule has 3 N–H and O–H groups in total. The number of anilines is 1. The summed E-state index contributed by atoms with van der Waals surface area (Å²) >= 11 is 1.56. The predicted molar refractivity (Wildman–Crippen MR) is 121 cm³/mol. The number of carbonyl (C=O) groups is 1. The number of ether oxygens (including phenoxy) is 1. The van der Waals surface area contributed by atoms with Crippen LogP contribution < -0.4 is 15.4 Å². The number of likely N-dealkylation sites (tertiary alicyclic amines) is 1. The van der Waals surface area contributed by atoms with Crippen LogP contribution >= 0.6 is 20.2 Å². The number of benzene rings is 1. The van der Waals surface area contributed by atoms with Crippen molar-refractivity contribution >= 4 is 47.1 Å². The molecule has 0 bridgehead atoms. The Morgan fingerprint density at radius 1 is 1.33 bits per heavy atom. The van der Waals surface area contributed by atoms with Crippen LogP contribution in [0.2, 0.25) is 0 Å². The number of rotatable bonds is 6. The highest BCUT2D eigenvalue weighted by molar-refractivity contribution is 7.22. The third kappa shape index (κ3) is 4.76. The monoisotopic (exact) mass is 443 g/mol. The molecule has 0 spiro atoms. The SMILES string of the molecule is CNC(=O)c1cc(Oc2ccc3nc(N[C@H]4CCCN(C(O)=P)C4)sc3c2)ccn1. The molecule has 156 valence electrons. The molecule has 0 unspecified atom stereocenters. The number of nitrogens with one attached hydrogen (secondary N) is 2. The van der Waals surface area contributed by atoms with E-state index in [1.54, 1.807) is 36.7 Å². The summed E-state index contributed by atoms with van der Waals surface area (Å²) in [5.41, 5.74) is 1.36. The van der Waals surface area contributed by atoms with Crippen LogP contribution in [0.15, 0.2) is 36.5 Å². The number of fused-ring (bicyclic) bond motifs is 1. The molecular formula is C20H22N5O3PS. The van der Waals surface area contributed by atoms with Crippen LogP contribution in [0.4, 0.5) is 5.13 Å². The minimum Gasteiger partial charge on any atom is -0.457 e. The van der Waals surface area contributed by atoms with Gasteiger partial charge in [-0.2, -0.15) is 0 Å². The largest absolute Gasteiger partial charge is 0.457 e. The number of piperidine rings is 1. The van der Waals surface area contributed by atoms with Gasteiger partial charge in [0.25, 0.3) is 5.91 Å². The van der Waals surface area contributed by atoms with Gasteiger partial charge in [0.2, 0.25) is 0 Å². The number of amides is 1. The maximum atomic E-state index is 11.8. The summed E-state index contributed by atoms with van der Waals surface area (Å²) in [4.78, 5) is 22.4. The van der Waals surface area contributed by atoms with Gasteiger partial charge in [-0.05, 0) is 31.0 Å². The molecule has 1 fully saturated rings. The van der Waals surface area contributed by atoms with Crippen LogP contribution in [0, 0.1) is 0 Å². The van der Waals surface area contributed by atoms with Crippen LogP contribution in [0.25, 0.3) is 10.2 Å². The van der Waals surface area contributed by atoms with E-state index in [9.17, 15) is 9.90 Å². The van der Waals surface area contributed by atoms with Gasteiger partial charge in [0.15, 0.2) is 5.13 Å². The first-order chi connectivity index (χ1) is 14.5. The minimum atomic E-state index is -0.263. The molecule has 1 aliphatic rings. The first-order valence-corrected chi connectivity index (χ1v) is 10.9. The lowest BCUT2D eigenvalue weighted by atomic mass is 10.1. The fourth-order valence-electron chi connectivity index (χ4n) is 3.36. The standard InChI is InChI=1S/C20H22N5O3PS/c1-21-18(26)16-9-14(6-7-22-16)28-13-4-5-15-17(10-13)30-19(24-15)23-12-3-2-8-25(11-12)20(27)29/h4-7,9-10,12,27,29H,2-3,8,11H2,1H3,(H,21,26)(H,23,24)/t12-/m0/s1. The molecule has 30 heavy (non-hydrogen) atoms. The maximum Gasteiger partial charge on any atom is 0.269 e. The molecular weight excluding hydrogens is 421 g/mol. The first-order valence-electron chi connectivity index (χ1n) is 9.57. The van der Waals surface area contributed by atoms with Gasteiger partial charge in [-0.1, -0.05) is 20.2 Å². The number of pyridine rings is 1. The number of nitrogens with zero attached hydrogens (tertiary/aromatic N) is 3. The smallest absolute Gasteiger partial charge is 0.269 e. The Morgan fingerprint density at radius 2 is 2.17 bits per heavy atom. The second-order valence-electron chi connectivity index (χ2n) is 6.96. The van der Waals surface area contributed by atoms with Gasteiger partial charge in [-0.25, -0.2) is 4.98 Å². The lowest BCUT2D eigenvalue weighted by molar-refractivity contribution is 0.0958. The minimum absolute atomic E-state index is 0.170. The van der Waals surface area contributed by atoms with Crippen LogP contribution in [-0.4, -0.2) is 57.7 Å². The van der Waals surface area contributed by atoms with E-state index in [1.807, 2.05) is 23.1 Å². The van der Waals surface area contributed by atoms with E-state index in [0.29, 0.717) is 17.2 Å². The topological polar surface area (TPSA) is 99.6 Å². The average molecular weight is 443 g/mol. The Labute approximate surface area is 180 Å². The van der Waals surface area contributed by atoms with Crippen LogP contribution in [-0.2, 0) is 0 Å². The Hall–Kier alpha value is -2.58. The van der Waals surface area contributed by atoms with E-state index >= 15 is 0 Å². The molecule has 0 saturated carbocycles. The van der Waals surface area contributed by atoms with Crippen molar-refractivity contribution in [2.45, 2.75) is 18.9 Å². The Kier molecular flexibility index (Phi) is 6.24. The highest BCUT2D eigenvalue weighted by Crippen LogP contribution is 2.32. The van der Waals surface area contributed by atoms with Gasteiger partial charge >= 0.3 is 0 Å². The van der Waals surface area contributed by atoms with Crippen molar-refractivity contribution in [3.05, 3.63) is 42.2 Å². The Morgan fingerprint density at radius 3 is 2.97 bits per heavy atom. The first kappa shape index (κ1) is 20.7. The van der Waals surface area contributed by atoms with E-state index in [-0.39, 0.29) is 17.6 Å². The lowest BCUT2D eigenvalue weighted by Crippen LogP contribution is -2.44. The van der Waals surface area contributed by atoms with E-state index < -0.39 is 0 Å². The van der Waals surface area contributed by atoms with E-state index in [0.717, 1.165) is 41.3 Å². The molecule has 1 aromatic carbocycles. The zero-order valence-corrected chi connectivity index (χ0v) is 18.2. The highest BCUT2D eigenvalue weighted by Gasteiger charge is 2.22. The molecule has 8 nitrogen and oxygen atoms in total. The number of thiazole rings is 1. The van der Waals surface area contributed by atoms with Crippen molar-refractivity contribution < 1.29 is 14.6 Å². The number of hydrogen-bond donors (Lipinski definition) is 3. The molecule has 1 amide bonds. The molecule has 2 aromatic heterocycles. The van der Waals surface area contributed by atoms with Gasteiger partial charge in [0, 0.05) is 44.5 Å². The molecule has 4 rings (SSSR count). The van der Waals surface area contributed by atoms with E-state index in [1.165, 1.54) is 0 Å². The quantitative estimate of drug-likeness (QED) is 0.503. The van der Waals surface area contributed by atoms with Crippen molar-refractivity contribution in [2.24, 2.45) is 0 Å². The van der Waals surface area contributed by atoms with Gasteiger partial charge in [0.1, 0.15) is 22.8 Å². The summed E-state index contributed by atoms with van der Waals surface area (Å²) in [5, 5.41) is 16.5. The number of carbonyl (C=O) groups excluding carboxylic acids is 1. The normalized spacial score (nSPS) is 16.9. The third-order valence-electron chi connectivity index (χ3n) is 4.84. The predicted octanol–water partition coefficient (Wildman–Crippen LogP) is 3.32. The lowest BCUT2D eigenvalue weighted by Gasteiger charge is -2.31. The van der Waals surface area contributed by atoms with Crippen molar-refractivity contribution in [2.75, 3.05) is 25.5 Å². The molecule has 0 radical (unpaired) electrons. The van der Waals surface area contributed by atoms with Gasteiger partial charge < -0.3 is 20.5 Å². The molecule has 3 heterocycles. The van der Waals surface area contributed by atoms with Crippen molar-refractivity contribution in [1.29, 1.82) is 0 Å². The molecule has 3 aromatic rings. The summed E-state index contributed by atoms with van der Waals surface area (Å²) < 4.78 is 6.92. The summed E-state index contributed by atoms with van der Waals surface area (Å²) in [7, 11) is 4.76. The second-order valence-corrected chi connectivity index (χ2v) is 8.44. The number of aliphatic hydroxyl groups is 1. The van der Waals surface area contributed by atoms with Crippen molar-refractivity contribution in [3.63, 3.8) is 0 Å². The fourth-order valence-corrected chi connectivity index (χ4v) is 4.53. The summed E-state index contributed by atoms with van der Waals surface area (Å²) in [6, 6.07) is 9.23. The number of hydrogen-bond acceptors (Lipinski definition) is 6. The van der Waals surface area contributed by atoms with Gasteiger partial charge in [0.05, 0.1) is 10.2 Å². The van der Waals surface area contributed by atoms with Crippen molar-refractivity contribution in [3.8, 4) is 11.5 Å². The summed E-state index contributed by atoms with van der Waals surface area (Å²) in [6.45, 7) is 1.56. The number of aliphatic hydroxyl groups excluding tert-OH is 1. The maximum absolute atomic E-state index is 11.8. The molecule has 1 aliphatic heterocycles. The zero-order chi connectivity index (χ0) is 21.1. The van der Waals surface area contributed by atoms with Crippen LogP contribution in [0.1, 0.15) is 23.3 Å². The van der Waals surface area contributed by atoms with E-state index in [2.05, 4.69) is 29.5 Å². The van der Waals surface area contributed by atoms with Crippen LogP contribution in [0.5, 0.6) is 11.5 Å². The second kappa shape index (κ2) is 9.06. The molecule has 10 heteroatoms. The average Bonchev–Trinajstić information content (AvgIpc) is 3.15. The summed E-state index contributed by atoms with van der Waals surface area (Å²) in [6.07, 6.45) is 3.57. The fraction of sp³-hybridized carbons (Fsp3) is 0.300. The molecule has 1 atom stereocenters. The zero-order valence-electron chi connectivity index (χ0n) is 16.4. The Balaban J connectivity index is 1.47. The highest BCUT2D eigenvalue weighted by atomic mass is 32.1. The van der Waals surface area contributed by atoms with Gasteiger partial charge in [-0.3, -0.25) is 14.7 Å². The van der Waals surface area contributed by atoms with Gasteiger partial charge in [-0.15, -0.1) is 0 Å². The van der Waals surface area contributed by atoms with E-state index in [4.69, 9.17) is 4.74 Å². The van der Waals surface area contributed by atoms with Crippen molar-refractivity contribution in [1.82, 2.24) is 20.2 Å². The third-order valence-corrected chi connectivity index (χ3v) is 6.10. The Bertz CT molecular complexity index is 1090. The number of aromatic nitrogens is 2. The van der Waals surface area contributed by atoms with Crippen LogP contribution in [0.3, 0.4) is 0 Å². The molecule has 1 saturated heterocycles. The summed E-state index contributed by atoms with van der Waals surface area (Å²) in [5.74, 6) is 0.939. The molecule has 0 aliphatic carbocycles.